The molecule has 2 aromatic carbocycles. The van der Waals surface area contributed by atoms with E-state index in [4.69, 9.17) is 9.56 Å². The predicted molar refractivity (Wildman–Crippen MR) is 90.1 cm³/mol. The number of rotatable bonds is 3. The smallest absolute Gasteiger partial charge is 0.408 e. The SMILES string of the molecule is NS(=O)(=O)c1ccc2c(c1)oc(=O)n2Cc1ccccc1I. The fourth-order valence-electron chi connectivity index (χ4n) is 2.17. The van der Waals surface area contributed by atoms with Gasteiger partial charge in [0, 0.05) is 9.64 Å². The summed E-state index contributed by atoms with van der Waals surface area (Å²) < 4.78 is 30.3. The van der Waals surface area contributed by atoms with Crippen LogP contribution in [-0.4, -0.2) is 13.0 Å². The molecule has 1 aromatic heterocycles. The lowest BCUT2D eigenvalue weighted by molar-refractivity contribution is 0.517. The minimum Gasteiger partial charge on any atom is -0.408 e. The number of primary sulfonamides is 1. The minimum atomic E-state index is -3.84. The van der Waals surface area contributed by atoms with Crippen LogP contribution in [-0.2, 0) is 16.6 Å². The Balaban J connectivity index is 2.14. The van der Waals surface area contributed by atoms with Crippen LogP contribution < -0.4 is 10.9 Å². The number of nitrogens with two attached hydrogens (primary N) is 1. The second-order valence-corrected chi connectivity index (χ2v) is 7.44. The Morgan fingerprint density at radius 2 is 1.91 bits per heavy atom. The fourth-order valence-corrected chi connectivity index (χ4v) is 3.26. The van der Waals surface area contributed by atoms with Gasteiger partial charge in [0.1, 0.15) is 0 Å². The van der Waals surface area contributed by atoms with Crippen molar-refractivity contribution in [1.29, 1.82) is 0 Å². The molecule has 3 aromatic rings. The van der Waals surface area contributed by atoms with Crippen molar-refractivity contribution < 1.29 is 12.8 Å². The Morgan fingerprint density at radius 1 is 1.18 bits per heavy atom. The quantitative estimate of drug-likeness (QED) is 0.643. The third-order valence-corrected chi connectivity index (χ3v) is 5.22. The highest BCUT2D eigenvalue weighted by molar-refractivity contribution is 14.1. The van der Waals surface area contributed by atoms with Crippen LogP contribution in [0, 0.1) is 3.57 Å². The zero-order valence-electron chi connectivity index (χ0n) is 11.2. The molecular formula is C14H11IN2O4S. The van der Waals surface area contributed by atoms with E-state index in [0.717, 1.165) is 9.13 Å². The Hall–Kier alpha value is -1.65. The number of aromatic nitrogens is 1. The molecule has 22 heavy (non-hydrogen) atoms. The molecule has 0 radical (unpaired) electrons. The number of benzene rings is 2. The first-order chi connectivity index (χ1) is 10.4. The van der Waals surface area contributed by atoms with Gasteiger partial charge in [-0.1, -0.05) is 18.2 Å². The second-order valence-electron chi connectivity index (χ2n) is 4.72. The largest absolute Gasteiger partial charge is 0.420 e. The van der Waals surface area contributed by atoms with Crippen LogP contribution in [0.1, 0.15) is 5.56 Å². The van der Waals surface area contributed by atoms with Crippen molar-refractivity contribution in [2.24, 2.45) is 5.14 Å². The summed E-state index contributed by atoms with van der Waals surface area (Å²) in [5.74, 6) is -0.541. The normalized spacial score (nSPS) is 11.9. The van der Waals surface area contributed by atoms with Crippen molar-refractivity contribution in [3.63, 3.8) is 0 Å². The van der Waals surface area contributed by atoms with Gasteiger partial charge in [-0.15, -0.1) is 0 Å². The number of sulfonamides is 1. The van der Waals surface area contributed by atoms with Crippen LogP contribution in [0.15, 0.2) is 56.6 Å². The lowest BCUT2D eigenvalue weighted by Crippen LogP contribution is -2.15. The summed E-state index contributed by atoms with van der Waals surface area (Å²) in [5, 5.41) is 5.08. The Morgan fingerprint density at radius 3 is 2.59 bits per heavy atom. The monoisotopic (exact) mass is 430 g/mol. The number of nitrogens with zero attached hydrogens (tertiary/aromatic N) is 1. The molecule has 114 valence electrons. The maximum Gasteiger partial charge on any atom is 0.420 e. The summed E-state index contributed by atoms with van der Waals surface area (Å²) in [6.07, 6.45) is 0. The summed E-state index contributed by atoms with van der Waals surface area (Å²) in [6.45, 7) is 0.347. The molecule has 1 heterocycles. The van der Waals surface area contributed by atoms with Crippen molar-refractivity contribution in [2.45, 2.75) is 11.4 Å². The number of oxazole rings is 1. The van der Waals surface area contributed by atoms with Crippen LogP contribution in [0.3, 0.4) is 0 Å². The van der Waals surface area contributed by atoms with E-state index in [-0.39, 0.29) is 10.5 Å². The van der Waals surface area contributed by atoms with Gasteiger partial charge >= 0.3 is 5.76 Å². The van der Waals surface area contributed by atoms with Gasteiger partial charge in [0.15, 0.2) is 5.58 Å². The van der Waals surface area contributed by atoms with E-state index in [1.54, 1.807) is 0 Å². The summed E-state index contributed by atoms with van der Waals surface area (Å²) in [7, 11) is -3.84. The van der Waals surface area contributed by atoms with Gasteiger partial charge in [0.05, 0.1) is 17.0 Å². The molecule has 0 atom stereocenters. The topological polar surface area (TPSA) is 95.3 Å². The van der Waals surface area contributed by atoms with E-state index in [0.29, 0.717) is 12.1 Å². The first-order valence-corrected chi connectivity index (χ1v) is 8.88. The fraction of sp³-hybridized carbons (Fsp3) is 0.0714. The number of hydrogen-bond acceptors (Lipinski definition) is 4. The van der Waals surface area contributed by atoms with E-state index < -0.39 is 15.8 Å². The van der Waals surface area contributed by atoms with Crippen LogP contribution in [0.25, 0.3) is 11.1 Å². The summed E-state index contributed by atoms with van der Waals surface area (Å²) in [6, 6.07) is 11.8. The van der Waals surface area contributed by atoms with Crippen molar-refractivity contribution >= 4 is 43.7 Å². The second kappa shape index (κ2) is 5.52. The van der Waals surface area contributed by atoms with E-state index in [9.17, 15) is 13.2 Å². The average Bonchev–Trinajstić information content (AvgIpc) is 2.76. The highest BCUT2D eigenvalue weighted by atomic mass is 127. The van der Waals surface area contributed by atoms with E-state index in [1.807, 2.05) is 24.3 Å². The van der Waals surface area contributed by atoms with Crippen molar-refractivity contribution in [3.8, 4) is 0 Å². The van der Waals surface area contributed by atoms with Gasteiger partial charge in [-0.05, 0) is 46.4 Å². The van der Waals surface area contributed by atoms with Gasteiger partial charge in [0.25, 0.3) is 0 Å². The molecule has 2 N–H and O–H groups in total. The molecule has 0 amide bonds. The maximum atomic E-state index is 12.0. The first-order valence-electron chi connectivity index (χ1n) is 6.26. The zero-order valence-corrected chi connectivity index (χ0v) is 14.2. The molecule has 0 bridgehead atoms. The van der Waals surface area contributed by atoms with Crippen LogP contribution in [0.2, 0.25) is 0 Å². The number of fused-ring (bicyclic) bond motifs is 1. The molecule has 0 saturated carbocycles. The lowest BCUT2D eigenvalue weighted by atomic mass is 10.2. The van der Waals surface area contributed by atoms with Gasteiger partial charge in [0.2, 0.25) is 10.0 Å². The maximum absolute atomic E-state index is 12.0. The number of hydrogen-bond donors (Lipinski definition) is 1. The van der Waals surface area contributed by atoms with Crippen molar-refractivity contribution in [3.05, 3.63) is 62.1 Å². The van der Waals surface area contributed by atoms with E-state index in [2.05, 4.69) is 22.6 Å². The van der Waals surface area contributed by atoms with E-state index in [1.165, 1.54) is 22.8 Å². The first kappa shape index (κ1) is 15.3. The molecule has 0 aliphatic heterocycles. The third-order valence-electron chi connectivity index (χ3n) is 3.25. The molecule has 6 nitrogen and oxygen atoms in total. The number of halogens is 1. The van der Waals surface area contributed by atoms with Gasteiger partial charge < -0.3 is 4.42 Å². The minimum absolute atomic E-state index is 0.0878. The summed E-state index contributed by atoms with van der Waals surface area (Å²) >= 11 is 2.19. The molecule has 0 saturated heterocycles. The highest BCUT2D eigenvalue weighted by Gasteiger charge is 2.15. The Labute approximate surface area is 139 Å². The zero-order chi connectivity index (χ0) is 15.9. The standard InChI is InChI=1S/C14H11IN2O4S/c15-11-4-2-1-3-9(11)8-17-12-6-5-10(22(16,19)20)7-13(12)21-14(17)18/h1-7H,8H2,(H2,16,19,20). The van der Waals surface area contributed by atoms with Gasteiger partial charge in [-0.2, -0.15) is 0 Å². The summed E-state index contributed by atoms with van der Waals surface area (Å²) in [5.41, 5.74) is 1.70. The van der Waals surface area contributed by atoms with Gasteiger partial charge in [-0.25, -0.2) is 18.4 Å². The molecule has 0 fully saturated rings. The molecule has 0 aliphatic rings. The molecule has 3 rings (SSSR count). The Kier molecular flexibility index (Phi) is 3.83. The average molecular weight is 430 g/mol. The molecule has 0 unspecified atom stereocenters. The predicted octanol–water partition coefficient (Wildman–Crippen LogP) is 1.89. The van der Waals surface area contributed by atoms with Crippen LogP contribution >= 0.6 is 22.6 Å². The third kappa shape index (κ3) is 2.81. The Bertz CT molecular complexity index is 1020. The van der Waals surface area contributed by atoms with Crippen LogP contribution in [0.5, 0.6) is 0 Å². The summed E-state index contributed by atoms with van der Waals surface area (Å²) in [4.78, 5) is 11.9. The molecular weight excluding hydrogens is 419 g/mol. The van der Waals surface area contributed by atoms with Crippen LogP contribution in [0.4, 0.5) is 0 Å². The van der Waals surface area contributed by atoms with Gasteiger partial charge in [-0.3, -0.25) is 4.57 Å². The van der Waals surface area contributed by atoms with Crippen molar-refractivity contribution in [2.75, 3.05) is 0 Å². The highest BCUT2D eigenvalue weighted by Crippen LogP contribution is 2.20. The molecule has 0 spiro atoms. The van der Waals surface area contributed by atoms with Crippen molar-refractivity contribution in [1.82, 2.24) is 4.57 Å². The van der Waals surface area contributed by atoms with E-state index >= 15 is 0 Å². The molecule has 8 heteroatoms. The molecule has 0 aliphatic carbocycles. The lowest BCUT2D eigenvalue weighted by Gasteiger charge is -2.05.